The molecule has 0 amide bonds. The second-order valence-corrected chi connectivity index (χ2v) is 5.70. The van der Waals surface area contributed by atoms with Gasteiger partial charge in [-0.2, -0.15) is 4.98 Å². The number of benzene rings is 1. The van der Waals surface area contributed by atoms with Crippen LogP contribution in [0.5, 0.6) is 5.75 Å². The third-order valence-corrected chi connectivity index (χ3v) is 4.31. The minimum atomic E-state index is -0.382. The monoisotopic (exact) mass is 350 g/mol. The molecule has 0 aliphatic carbocycles. The Morgan fingerprint density at radius 1 is 1.26 bits per heavy atom. The van der Waals surface area contributed by atoms with Crippen molar-refractivity contribution >= 4 is 40.2 Å². The predicted molar refractivity (Wildman–Crippen MR) is 91.3 cm³/mol. The van der Waals surface area contributed by atoms with Crippen LogP contribution in [0.4, 0.5) is 5.95 Å². The molecule has 3 aromatic rings. The highest BCUT2D eigenvalue weighted by molar-refractivity contribution is 6.40. The number of hydrogen-bond donors (Lipinski definition) is 2. The molecular formula is C15H12Cl2N4O2. The number of halogens is 2. The molecule has 0 saturated heterocycles. The fourth-order valence-corrected chi connectivity index (χ4v) is 2.94. The van der Waals surface area contributed by atoms with E-state index in [-0.39, 0.29) is 16.5 Å². The first-order valence-corrected chi connectivity index (χ1v) is 7.36. The summed E-state index contributed by atoms with van der Waals surface area (Å²) < 4.78 is 5.24. The van der Waals surface area contributed by atoms with E-state index in [1.165, 1.54) is 13.3 Å². The van der Waals surface area contributed by atoms with Gasteiger partial charge in [-0.15, -0.1) is 0 Å². The molecule has 0 atom stereocenters. The molecule has 3 rings (SSSR count). The van der Waals surface area contributed by atoms with Gasteiger partial charge in [0.2, 0.25) is 5.95 Å². The second kappa shape index (κ2) is 5.72. The first-order valence-electron chi connectivity index (χ1n) is 6.61. The van der Waals surface area contributed by atoms with Gasteiger partial charge in [0.15, 0.2) is 0 Å². The maximum Gasteiger partial charge on any atom is 0.257 e. The minimum absolute atomic E-state index is 0.0780. The van der Waals surface area contributed by atoms with Crippen molar-refractivity contribution in [1.82, 2.24) is 15.0 Å². The number of nitrogens with one attached hydrogen (secondary N) is 1. The normalized spacial score (nSPS) is 11.0. The van der Waals surface area contributed by atoms with Crippen molar-refractivity contribution < 1.29 is 4.74 Å². The van der Waals surface area contributed by atoms with Gasteiger partial charge in [0.1, 0.15) is 11.4 Å². The van der Waals surface area contributed by atoms with Gasteiger partial charge >= 0.3 is 0 Å². The molecular weight excluding hydrogens is 339 g/mol. The van der Waals surface area contributed by atoms with Crippen LogP contribution in [0.25, 0.3) is 22.2 Å². The van der Waals surface area contributed by atoms with Gasteiger partial charge in [0.25, 0.3) is 5.56 Å². The highest BCUT2D eigenvalue weighted by Gasteiger charge is 2.19. The maximum atomic E-state index is 12.4. The van der Waals surface area contributed by atoms with E-state index in [4.69, 9.17) is 33.7 Å². The van der Waals surface area contributed by atoms with Crippen molar-refractivity contribution in [3.05, 3.63) is 44.3 Å². The molecule has 0 spiro atoms. The lowest BCUT2D eigenvalue weighted by atomic mass is 10.0. The Labute approximate surface area is 141 Å². The average molecular weight is 351 g/mol. The first-order chi connectivity index (χ1) is 10.9. The van der Waals surface area contributed by atoms with Crippen LogP contribution in [0.3, 0.4) is 0 Å². The quantitative estimate of drug-likeness (QED) is 0.740. The third-order valence-electron chi connectivity index (χ3n) is 3.45. The number of pyridine rings is 1. The Hall–Kier alpha value is -2.31. The van der Waals surface area contributed by atoms with Crippen LogP contribution in [0.15, 0.2) is 23.1 Å². The lowest BCUT2D eigenvalue weighted by Gasteiger charge is -2.13. The van der Waals surface area contributed by atoms with Crippen LogP contribution in [-0.4, -0.2) is 22.1 Å². The molecule has 0 aliphatic heterocycles. The number of methoxy groups -OCH3 is 1. The molecule has 0 saturated carbocycles. The van der Waals surface area contributed by atoms with Crippen molar-refractivity contribution in [2.75, 3.05) is 12.8 Å². The number of nitrogens with zero attached hydrogens (tertiary/aromatic N) is 2. The van der Waals surface area contributed by atoms with Crippen molar-refractivity contribution in [2.45, 2.75) is 6.92 Å². The number of anilines is 1. The summed E-state index contributed by atoms with van der Waals surface area (Å²) >= 11 is 12.7. The summed E-state index contributed by atoms with van der Waals surface area (Å²) in [6, 6.07) is 3.34. The Balaban J connectivity index is 2.37. The molecule has 0 unspecified atom stereocenters. The van der Waals surface area contributed by atoms with E-state index in [0.717, 1.165) is 5.56 Å². The van der Waals surface area contributed by atoms with E-state index in [1.54, 1.807) is 12.1 Å². The van der Waals surface area contributed by atoms with Crippen LogP contribution in [0.1, 0.15) is 5.56 Å². The van der Waals surface area contributed by atoms with Gasteiger partial charge in [-0.1, -0.05) is 23.2 Å². The summed E-state index contributed by atoms with van der Waals surface area (Å²) in [4.78, 5) is 23.0. The molecule has 2 aromatic heterocycles. The zero-order chi connectivity index (χ0) is 16.7. The smallest absolute Gasteiger partial charge is 0.257 e. The van der Waals surface area contributed by atoms with E-state index >= 15 is 0 Å². The number of hydrogen-bond acceptors (Lipinski definition) is 5. The molecule has 6 nitrogen and oxygen atoms in total. The third kappa shape index (κ3) is 2.60. The van der Waals surface area contributed by atoms with Gasteiger partial charge in [0.05, 0.1) is 22.7 Å². The number of nitrogens with two attached hydrogens (primary N) is 1. The van der Waals surface area contributed by atoms with Crippen LogP contribution in [0, 0.1) is 6.92 Å². The Kier molecular flexibility index (Phi) is 3.87. The summed E-state index contributed by atoms with van der Waals surface area (Å²) in [5.41, 5.74) is 6.95. The topological polar surface area (TPSA) is 93.9 Å². The number of rotatable bonds is 2. The number of ether oxygens (including phenoxy) is 1. The van der Waals surface area contributed by atoms with Crippen molar-refractivity contribution in [2.24, 2.45) is 0 Å². The molecule has 0 aliphatic rings. The summed E-state index contributed by atoms with van der Waals surface area (Å²) in [5, 5.41) is 1.27. The summed E-state index contributed by atoms with van der Waals surface area (Å²) in [5.74, 6) is 0.519. The fraction of sp³-hybridized carbons (Fsp3) is 0.133. The standard InChI is InChI=1S/C15H12Cl2N4O2/c1-6-3-9(23-2)12(17)10(11(6)16)8-4-7-5-19-15(18)21-13(7)20-14(8)22/h3-5H,1-2H3,(H3,18,19,20,21,22). The van der Waals surface area contributed by atoms with Crippen molar-refractivity contribution in [3.63, 3.8) is 0 Å². The largest absolute Gasteiger partial charge is 0.495 e. The lowest BCUT2D eigenvalue weighted by Crippen LogP contribution is -2.11. The molecule has 2 heterocycles. The van der Waals surface area contributed by atoms with Gasteiger partial charge in [0, 0.05) is 17.1 Å². The number of aromatic amines is 1. The molecule has 0 radical (unpaired) electrons. The summed E-state index contributed by atoms with van der Waals surface area (Å²) in [6.07, 6.45) is 1.52. The molecule has 118 valence electrons. The van der Waals surface area contributed by atoms with Crippen LogP contribution < -0.4 is 16.0 Å². The zero-order valence-corrected chi connectivity index (χ0v) is 13.8. The lowest BCUT2D eigenvalue weighted by molar-refractivity contribution is 0.415. The maximum absolute atomic E-state index is 12.4. The van der Waals surface area contributed by atoms with Crippen LogP contribution in [-0.2, 0) is 0 Å². The van der Waals surface area contributed by atoms with Crippen LogP contribution >= 0.6 is 23.2 Å². The van der Waals surface area contributed by atoms with Gasteiger partial charge in [-0.25, -0.2) is 4.98 Å². The Morgan fingerprint density at radius 2 is 2.00 bits per heavy atom. The van der Waals surface area contributed by atoms with Gasteiger partial charge in [-0.05, 0) is 24.6 Å². The summed E-state index contributed by atoms with van der Waals surface area (Å²) in [7, 11) is 1.50. The van der Waals surface area contributed by atoms with E-state index in [1.807, 2.05) is 6.92 Å². The highest BCUT2D eigenvalue weighted by atomic mass is 35.5. The first kappa shape index (κ1) is 15.6. The van der Waals surface area contributed by atoms with Crippen molar-refractivity contribution in [3.8, 4) is 16.9 Å². The predicted octanol–water partition coefficient (Wildman–Crippen LogP) is 3.19. The number of aromatic nitrogens is 3. The van der Waals surface area contributed by atoms with E-state index < -0.39 is 0 Å². The van der Waals surface area contributed by atoms with E-state index in [9.17, 15) is 4.79 Å². The molecule has 8 heteroatoms. The zero-order valence-electron chi connectivity index (χ0n) is 12.3. The molecule has 1 aromatic carbocycles. The van der Waals surface area contributed by atoms with Gasteiger partial charge in [-0.3, -0.25) is 4.79 Å². The van der Waals surface area contributed by atoms with E-state index in [2.05, 4.69) is 15.0 Å². The fourth-order valence-electron chi connectivity index (χ4n) is 2.32. The Bertz CT molecular complexity index is 985. The number of H-pyrrole nitrogens is 1. The Morgan fingerprint density at radius 3 is 2.70 bits per heavy atom. The molecule has 3 N–H and O–H groups in total. The number of aryl methyl sites for hydroxylation is 1. The SMILES string of the molecule is COc1cc(C)c(Cl)c(-c2cc3cnc(N)nc3[nH]c2=O)c1Cl. The van der Waals surface area contributed by atoms with E-state index in [0.29, 0.717) is 32.9 Å². The van der Waals surface area contributed by atoms with Gasteiger partial charge < -0.3 is 15.5 Å². The second-order valence-electron chi connectivity index (χ2n) is 4.94. The molecule has 23 heavy (non-hydrogen) atoms. The summed E-state index contributed by atoms with van der Waals surface area (Å²) in [6.45, 7) is 1.81. The molecule has 0 fully saturated rings. The highest BCUT2D eigenvalue weighted by Crippen LogP contribution is 2.41. The number of fused-ring (bicyclic) bond motifs is 1. The number of nitrogen functional groups attached to an aromatic ring is 1. The minimum Gasteiger partial charge on any atom is -0.495 e. The van der Waals surface area contributed by atoms with Crippen LogP contribution in [0.2, 0.25) is 10.0 Å². The molecule has 0 bridgehead atoms. The average Bonchev–Trinajstić information content (AvgIpc) is 2.51. The van der Waals surface area contributed by atoms with Crippen molar-refractivity contribution in [1.29, 1.82) is 0 Å².